The van der Waals surface area contributed by atoms with Gasteiger partial charge in [0.05, 0.1) is 20.1 Å². The van der Waals surface area contributed by atoms with Gasteiger partial charge in [0.1, 0.15) is 0 Å². The molecule has 0 saturated carbocycles. The van der Waals surface area contributed by atoms with Gasteiger partial charge in [-0.2, -0.15) is 0 Å². The summed E-state index contributed by atoms with van der Waals surface area (Å²) in [6, 6.07) is 7.64. The number of hydrogen-bond acceptors (Lipinski definition) is 0. The molecule has 6 heteroatoms. The molecule has 0 N–H and O–H groups in total. The fourth-order valence-electron chi connectivity index (χ4n) is 1.51. The van der Waals surface area contributed by atoms with Crippen molar-refractivity contribution in [1.29, 1.82) is 0 Å². The van der Waals surface area contributed by atoms with Crippen molar-refractivity contribution in [2.45, 2.75) is 0 Å². The summed E-state index contributed by atoms with van der Waals surface area (Å²) in [6.07, 6.45) is 0. The standard InChI is InChI=1S/C12H4Br2Cl4/c13-6-4-2-1-3-5(6)7-8(14)10(16)12(18)11(17)9(7)15/h1-4H. The van der Waals surface area contributed by atoms with E-state index in [4.69, 9.17) is 46.4 Å². The molecule has 0 aromatic heterocycles. The lowest BCUT2D eigenvalue weighted by atomic mass is 10.1. The molecule has 0 heterocycles. The van der Waals surface area contributed by atoms with E-state index in [9.17, 15) is 0 Å². The van der Waals surface area contributed by atoms with Crippen LogP contribution in [0.4, 0.5) is 0 Å². The molecular weight excluding hydrogens is 446 g/mol. The van der Waals surface area contributed by atoms with Crippen LogP contribution in [-0.2, 0) is 0 Å². The van der Waals surface area contributed by atoms with Gasteiger partial charge in [-0.05, 0) is 27.6 Å². The molecule has 2 aromatic carbocycles. The summed E-state index contributed by atoms with van der Waals surface area (Å²) in [5.41, 5.74) is 1.60. The molecule has 0 nitrogen and oxygen atoms in total. The summed E-state index contributed by atoms with van der Waals surface area (Å²) in [4.78, 5) is 0. The third kappa shape index (κ3) is 2.56. The van der Waals surface area contributed by atoms with Crippen LogP contribution in [0.15, 0.2) is 33.2 Å². The molecule has 0 spiro atoms. The predicted octanol–water partition coefficient (Wildman–Crippen LogP) is 7.49. The molecule has 0 amide bonds. The average molecular weight is 450 g/mol. The summed E-state index contributed by atoms with van der Waals surface area (Å²) in [7, 11) is 0. The second-order valence-electron chi connectivity index (χ2n) is 3.42. The van der Waals surface area contributed by atoms with Crippen molar-refractivity contribution in [3.8, 4) is 11.1 Å². The number of hydrogen-bond donors (Lipinski definition) is 0. The zero-order valence-electron chi connectivity index (χ0n) is 8.58. The molecule has 0 aliphatic rings. The molecule has 0 bridgehead atoms. The van der Waals surface area contributed by atoms with Crippen LogP contribution in [0, 0.1) is 0 Å². The average Bonchev–Trinajstić information content (AvgIpc) is 2.36. The van der Waals surface area contributed by atoms with Gasteiger partial charge >= 0.3 is 0 Å². The normalized spacial score (nSPS) is 10.8. The molecule has 0 unspecified atom stereocenters. The maximum atomic E-state index is 6.26. The molecule has 0 fully saturated rings. The number of halogens is 6. The first kappa shape index (κ1) is 15.0. The van der Waals surface area contributed by atoms with Crippen molar-refractivity contribution in [2.24, 2.45) is 0 Å². The Morgan fingerprint density at radius 3 is 1.89 bits per heavy atom. The van der Waals surface area contributed by atoms with E-state index >= 15 is 0 Å². The van der Waals surface area contributed by atoms with Crippen molar-refractivity contribution in [3.05, 3.63) is 53.3 Å². The van der Waals surface area contributed by atoms with E-state index in [0.717, 1.165) is 10.0 Å². The van der Waals surface area contributed by atoms with E-state index in [1.165, 1.54) is 0 Å². The monoisotopic (exact) mass is 446 g/mol. The van der Waals surface area contributed by atoms with Crippen LogP contribution in [0.2, 0.25) is 20.1 Å². The second kappa shape index (κ2) is 5.90. The van der Waals surface area contributed by atoms with Gasteiger partial charge in [0.15, 0.2) is 0 Å². The predicted molar refractivity (Wildman–Crippen MR) is 87.3 cm³/mol. The van der Waals surface area contributed by atoms with Gasteiger partial charge in [0.2, 0.25) is 0 Å². The Morgan fingerprint density at radius 2 is 1.28 bits per heavy atom. The highest BCUT2D eigenvalue weighted by Gasteiger charge is 2.20. The van der Waals surface area contributed by atoms with E-state index < -0.39 is 0 Å². The first-order valence-electron chi connectivity index (χ1n) is 4.71. The van der Waals surface area contributed by atoms with E-state index in [0.29, 0.717) is 20.1 Å². The smallest absolute Gasteiger partial charge is 0.0805 e. The Kier molecular flexibility index (Phi) is 4.91. The summed E-state index contributed by atoms with van der Waals surface area (Å²) in [6.45, 7) is 0. The molecule has 94 valence electrons. The molecular formula is C12H4Br2Cl4. The summed E-state index contributed by atoms with van der Waals surface area (Å²) in [5.74, 6) is 0. The van der Waals surface area contributed by atoms with Crippen LogP contribution in [0.25, 0.3) is 11.1 Å². The Balaban J connectivity index is 2.85. The Bertz CT molecular complexity index is 597. The topological polar surface area (TPSA) is 0 Å². The van der Waals surface area contributed by atoms with Crippen molar-refractivity contribution in [1.82, 2.24) is 0 Å². The van der Waals surface area contributed by atoms with E-state index in [-0.39, 0.29) is 10.0 Å². The molecule has 18 heavy (non-hydrogen) atoms. The maximum Gasteiger partial charge on any atom is 0.0805 e. The molecule has 0 atom stereocenters. The van der Waals surface area contributed by atoms with Gasteiger partial charge in [0, 0.05) is 14.5 Å². The minimum Gasteiger partial charge on any atom is -0.0819 e. The van der Waals surface area contributed by atoms with Crippen LogP contribution in [-0.4, -0.2) is 0 Å². The third-order valence-corrected chi connectivity index (χ3v) is 5.87. The highest BCUT2D eigenvalue weighted by atomic mass is 79.9. The van der Waals surface area contributed by atoms with E-state index in [1.807, 2.05) is 24.3 Å². The van der Waals surface area contributed by atoms with Crippen LogP contribution in [0.1, 0.15) is 0 Å². The van der Waals surface area contributed by atoms with Gasteiger partial charge < -0.3 is 0 Å². The van der Waals surface area contributed by atoms with Crippen LogP contribution < -0.4 is 0 Å². The first-order chi connectivity index (χ1) is 8.45. The third-order valence-electron chi connectivity index (χ3n) is 2.35. The van der Waals surface area contributed by atoms with Crippen LogP contribution in [0.3, 0.4) is 0 Å². The minimum absolute atomic E-state index is 0.242. The van der Waals surface area contributed by atoms with Crippen molar-refractivity contribution in [3.63, 3.8) is 0 Å². The van der Waals surface area contributed by atoms with Gasteiger partial charge in [0.25, 0.3) is 0 Å². The Morgan fingerprint density at radius 1 is 0.722 bits per heavy atom. The number of rotatable bonds is 1. The highest BCUT2D eigenvalue weighted by molar-refractivity contribution is 9.11. The fraction of sp³-hybridized carbons (Fsp3) is 0. The summed E-state index contributed by atoms with van der Waals surface area (Å²) >= 11 is 31.3. The Labute approximate surface area is 141 Å². The zero-order chi connectivity index (χ0) is 13.4. The molecule has 0 saturated heterocycles. The lowest BCUT2D eigenvalue weighted by molar-refractivity contribution is 1.55. The van der Waals surface area contributed by atoms with Crippen molar-refractivity contribution >= 4 is 78.3 Å². The van der Waals surface area contributed by atoms with Crippen molar-refractivity contribution < 1.29 is 0 Å². The summed E-state index contributed by atoms with van der Waals surface area (Å²) in [5, 5.41) is 1.20. The van der Waals surface area contributed by atoms with Gasteiger partial charge in [-0.1, -0.05) is 80.5 Å². The first-order valence-corrected chi connectivity index (χ1v) is 7.81. The fourth-order valence-corrected chi connectivity index (χ4v) is 3.78. The lowest BCUT2D eigenvalue weighted by Crippen LogP contribution is -1.88. The molecule has 2 rings (SSSR count). The van der Waals surface area contributed by atoms with E-state index in [1.54, 1.807) is 0 Å². The lowest BCUT2D eigenvalue weighted by Gasteiger charge is -2.14. The maximum absolute atomic E-state index is 6.26. The molecule has 2 aromatic rings. The van der Waals surface area contributed by atoms with Crippen LogP contribution >= 0.6 is 78.3 Å². The second-order valence-corrected chi connectivity index (χ2v) is 6.58. The largest absolute Gasteiger partial charge is 0.0819 e. The van der Waals surface area contributed by atoms with Gasteiger partial charge in [-0.25, -0.2) is 0 Å². The highest BCUT2D eigenvalue weighted by Crippen LogP contribution is 2.49. The molecule has 0 aliphatic heterocycles. The SMILES string of the molecule is Clc1c(Cl)c(Cl)c(-c2ccccc2Br)c(Br)c1Cl. The molecule has 0 aliphatic carbocycles. The molecule has 0 radical (unpaired) electrons. The minimum atomic E-state index is 0.242. The Hall–Kier alpha value is 0.560. The zero-order valence-corrected chi connectivity index (χ0v) is 14.8. The van der Waals surface area contributed by atoms with Crippen LogP contribution in [0.5, 0.6) is 0 Å². The van der Waals surface area contributed by atoms with Gasteiger partial charge in [-0.3, -0.25) is 0 Å². The van der Waals surface area contributed by atoms with Crippen molar-refractivity contribution in [2.75, 3.05) is 0 Å². The summed E-state index contributed by atoms with van der Waals surface area (Å²) < 4.78 is 1.51. The quantitative estimate of drug-likeness (QED) is 0.312. The number of benzene rings is 2. The van der Waals surface area contributed by atoms with Gasteiger partial charge in [-0.15, -0.1) is 0 Å². The van der Waals surface area contributed by atoms with E-state index in [2.05, 4.69) is 31.9 Å².